The van der Waals surface area contributed by atoms with Gasteiger partial charge in [-0.1, -0.05) is 30.4 Å². The van der Waals surface area contributed by atoms with E-state index in [0.29, 0.717) is 17.5 Å². The van der Waals surface area contributed by atoms with Gasteiger partial charge in [0.25, 0.3) is 0 Å². The third kappa shape index (κ3) is 0.847. The van der Waals surface area contributed by atoms with Crippen molar-refractivity contribution in [2.45, 2.75) is 24.9 Å². The molecule has 2 aliphatic heterocycles. The van der Waals surface area contributed by atoms with E-state index in [2.05, 4.69) is 12.2 Å². The molecule has 124 valence electrons. The number of nitrogens with zero attached hydrogens (tertiary/aromatic N) is 3. The van der Waals surface area contributed by atoms with Crippen molar-refractivity contribution >= 4 is 0 Å². The van der Waals surface area contributed by atoms with E-state index in [1.165, 1.54) is 4.57 Å². The predicted molar refractivity (Wildman–Crippen MR) is 89.6 cm³/mol. The molecule has 0 radical (unpaired) electrons. The van der Waals surface area contributed by atoms with Crippen LogP contribution in [0.1, 0.15) is 24.9 Å². The van der Waals surface area contributed by atoms with Gasteiger partial charge in [0.1, 0.15) is 0 Å². The lowest BCUT2D eigenvalue weighted by Crippen LogP contribution is -2.53. The van der Waals surface area contributed by atoms with Crippen LogP contribution < -0.4 is 11.4 Å². The molecule has 0 amide bonds. The van der Waals surface area contributed by atoms with E-state index in [1.54, 1.807) is 0 Å². The summed E-state index contributed by atoms with van der Waals surface area (Å²) < 4.78 is 5.19. The Labute approximate surface area is 143 Å². The van der Waals surface area contributed by atoms with Gasteiger partial charge in [-0.3, -0.25) is 0 Å². The molecule has 2 bridgehead atoms. The molecule has 25 heavy (non-hydrogen) atoms. The minimum atomic E-state index is -0.125. The number of rotatable bonds is 1. The molecule has 0 saturated heterocycles. The number of aromatic nitrogens is 3. The van der Waals surface area contributed by atoms with Crippen molar-refractivity contribution in [2.24, 2.45) is 34.5 Å². The van der Waals surface area contributed by atoms with Crippen LogP contribution in [0.4, 0.5) is 0 Å². The van der Waals surface area contributed by atoms with Gasteiger partial charge < -0.3 is 0 Å². The SMILES string of the molecule is O=c1n(-c2ccccc2)c(=O)n2n1[C@H]1[C@H]3C4C5[C@@]16CC=CC[C@@]56[C@@H]2[C@@H]43. The average Bonchev–Trinajstić information content (AvgIpc) is 3.41. The first-order valence-electron chi connectivity index (χ1n) is 9.42. The topological polar surface area (TPSA) is 48.9 Å². The fourth-order valence-corrected chi connectivity index (χ4v) is 8.62. The quantitative estimate of drug-likeness (QED) is 0.748. The van der Waals surface area contributed by atoms with Gasteiger partial charge in [-0.25, -0.2) is 23.5 Å². The molecule has 3 heterocycles. The van der Waals surface area contributed by atoms with Gasteiger partial charge in [0.05, 0.1) is 17.8 Å². The van der Waals surface area contributed by atoms with Crippen LogP contribution >= 0.6 is 0 Å². The lowest BCUT2D eigenvalue weighted by molar-refractivity contribution is -0.00147. The summed E-state index contributed by atoms with van der Waals surface area (Å²) in [5.41, 5.74) is 1.02. The van der Waals surface area contributed by atoms with Crippen molar-refractivity contribution < 1.29 is 0 Å². The minimum absolute atomic E-state index is 0.125. The highest BCUT2D eigenvalue weighted by molar-refractivity contribution is 5.51. The molecule has 2 spiro atoms. The molecule has 5 nitrogen and oxygen atoms in total. The summed E-state index contributed by atoms with van der Waals surface area (Å²) in [6.45, 7) is 0. The summed E-state index contributed by atoms with van der Waals surface area (Å²) in [4.78, 5) is 26.6. The Morgan fingerprint density at radius 1 is 0.800 bits per heavy atom. The van der Waals surface area contributed by atoms with Gasteiger partial charge in [-0.2, -0.15) is 0 Å². The van der Waals surface area contributed by atoms with Crippen LogP contribution in [0.2, 0.25) is 0 Å². The maximum atomic E-state index is 13.3. The summed E-state index contributed by atoms with van der Waals surface area (Å²) in [6.07, 6.45) is 6.88. The predicted octanol–water partition coefficient (Wildman–Crippen LogP) is 1.74. The fourth-order valence-electron chi connectivity index (χ4n) is 8.62. The second-order valence-corrected chi connectivity index (χ2v) is 8.99. The standard InChI is InChI=1S/C20H17N3O2/c24-17-21(10-6-2-1-3-7-10)18(25)23-16-13-11-12(13)15(22(17)23)19-8-4-5-9-20(16,19)14(11)19/h1-7,11-16H,8-9H2/t11?,12-,13-,14?,15-,16-,19-,20-/m0/s1. The van der Waals surface area contributed by atoms with Gasteiger partial charge in [-0.05, 0) is 48.6 Å². The number of hydrogen-bond acceptors (Lipinski definition) is 2. The minimum Gasteiger partial charge on any atom is -0.245 e. The number of hydrogen-bond donors (Lipinski definition) is 0. The Morgan fingerprint density at radius 3 is 1.92 bits per heavy atom. The summed E-state index contributed by atoms with van der Waals surface area (Å²) in [5.74, 6) is 2.86. The van der Waals surface area contributed by atoms with E-state index in [4.69, 9.17) is 0 Å². The van der Waals surface area contributed by atoms with E-state index in [-0.39, 0.29) is 34.3 Å². The molecule has 7 aliphatic rings. The smallest absolute Gasteiger partial charge is 0.245 e. The van der Waals surface area contributed by atoms with Crippen molar-refractivity contribution in [3.05, 3.63) is 63.5 Å². The van der Waals surface area contributed by atoms with Crippen LogP contribution in [0, 0.1) is 34.5 Å². The molecule has 1 aromatic carbocycles. The summed E-state index contributed by atoms with van der Waals surface area (Å²) in [7, 11) is 0. The molecule has 1 aromatic heterocycles. The number of benzene rings is 1. The first kappa shape index (κ1) is 12.1. The number of allylic oxidation sites excluding steroid dienone is 2. The normalized spacial score (nSPS) is 50.6. The van der Waals surface area contributed by atoms with Crippen LogP contribution in [0.3, 0.4) is 0 Å². The fraction of sp³-hybridized carbons (Fsp3) is 0.500. The van der Waals surface area contributed by atoms with Crippen LogP contribution in [0.15, 0.2) is 52.1 Å². The molecule has 5 aliphatic carbocycles. The average molecular weight is 331 g/mol. The molecule has 4 fully saturated rings. The Kier molecular flexibility index (Phi) is 1.51. The molecule has 4 saturated carbocycles. The van der Waals surface area contributed by atoms with Crippen molar-refractivity contribution in [3.63, 3.8) is 0 Å². The zero-order valence-corrected chi connectivity index (χ0v) is 13.6. The molecular formula is C20H17N3O2. The molecule has 5 heteroatoms. The summed E-state index contributed by atoms with van der Waals surface area (Å²) >= 11 is 0. The Hall–Kier alpha value is -2.30. The van der Waals surface area contributed by atoms with Gasteiger partial charge in [0.15, 0.2) is 0 Å². The van der Waals surface area contributed by atoms with Gasteiger partial charge in [-0.15, -0.1) is 0 Å². The van der Waals surface area contributed by atoms with E-state index >= 15 is 0 Å². The largest absolute Gasteiger partial charge is 0.352 e. The zero-order valence-electron chi connectivity index (χ0n) is 13.6. The highest BCUT2D eigenvalue weighted by Crippen LogP contribution is 3.04. The van der Waals surface area contributed by atoms with Crippen molar-refractivity contribution in [2.75, 3.05) is 0 Å². The first-order valence-corrected chi connectivity index (χ1v) is 9.42. The van der Waals surface area contributed by atoms with Crippen molar-refractivity contribution in [3.8, 4) is 5.69 Å². The third-order valence-electron chi connectivity index (χ3n) is 8.88. The van der Waals surface area contributed by atoms with Gasteiger partial charge in [0.2, 0.25) is 0 Å². The van der Waals surface area contributed by atoms with Crippen LogP contribution in [-0.2, 0) is 0 Å². The Balaban J connectivity index is 1.48. The lowest BCUT2D eigenvalue weighted by atomic mass is 9.67. The van der Waals surface area contributed by atoms with Crippen LogP contribution in [0.5, 0.6) is 0 Å². The van der Waals surface area contributed by atoms with Gasteiger partial charge in [0, 0.05) is 10.8 Å². The Bertz CT molecular complexity index is 1090. The van der Waals surface area contributed by atoms with Crippen molar-refractivity contribution in [1.82, 2.24) is 13.9 Å². The maximum Gasteiger partial charge on any atom is 0.352 e. The highest BCUT2D eigenvalue weighted by Gasteiger charge is 3.02. The molecular weight excluding hydrogens is 314 g/mol. The first-order chi connectivity index (χ1) is 12.2. The number of para-hydroxylation sites is 1. The molecule has 0 unspecified atom stereocenters. The lowest BCUT2D eigenvalue weighted by Gasteiger charge is -2.49. The molecule has 2 aromatic rings. The second-order valence-electron chi connectivity index (χ2n) is 8.99. The molecule has 6 atom stereocenters. The highest BCUT2D eigenvalue weighted by atomic mass is 16.2. The maximum absolute atomic E-state index is 13.3. The van der Waals surface area contributed by atoms with E-state index in [0.717, 1.165) is 24.7 Å². The second kappa shape index (κ2) is 3.11. The molecule has 9 rings (SSSR count). The molecule has 0 N–H and O–H groups in total. The Morgan fingerprint density at radius 2 is 1.36 bits per heavy atom. The summed E-state index contributed by atoms with van der Waals surface area (Å²) in [5, 5.41) is 0. The zero-order chi connectivity index (χ0) is 16.3. The van der Waals surface area contributed by atoms with Crippen molar-refractivity contribution in [1.29, 1.82) is 0 Å². The van der Waals surface area contributed by atoms with E-state index < -0.39 is 0 Å². The van der Waals surface area contributed by atoms with E-state index in [1.807, 2.05) is 39.7 Å². The van der Waals surface area contributed by atoms with E-state index in [9.17, 15) is 9.59 Å². The monoisotopic (exact) mass is 331 g/mol. The summed E-state index contributed by atoms with van der Waals surface area (Å²) in [6, 6.07) is 9.91. The third-order valence-corrected chi connectivity index (χ3v) is 8.88. The van der Waals surface area contributed by atoms with Crippen LogP contribution in [-0.4, -0.2) is 13.9 Å². The van der Waals surface area contributed by atoms with Crippen LogP contribution in [0.25, 0.3) is 5.69 Å². The van der Waals surface area contributed by atoms with Gasteiger partial charge >= 0.3 is 11.4 Å².